The van der Waals surface area contributed by atoms with E-state index in [0.717, 1.165) is 5.69 Å². The third-order valence-corrected chi connectivity index (χ3v) is 3.79. The SMILES string of the molecule is COCCNC(=O)C(C)NC(C)c1scnc1C. The molecule has 1 aromatic rings. The van der Waals surface area contributed by atoms with Gasteiger partial charge in [0, 0.05) is 24.6 Å². The van der Waals surface area contributed by atoms with E-state index in [1.165, 1.54) is 4.88 Å². The van der Waals surface area contributed by atoms with Crippen LogP contribution in [0.5, 0.6) is 0 Å². The van der Waals surface area contributed by atoms with Crippen LogP contribution >= 0.6 is 11.3 Å². The van der Waals surface area contributed by atoms with Crippen molar-refractivity contribution in [2.24, 2.45) is 0 Å². The number of methoxy groups -OCH3 is 1. The summed E-state index contributed by atoms with van der Waals surface area (Å²) in [5, 5.41) is 6.08. The lowest BCUT2D eigenvalue weighted by molar-refractivity contribution is -0.123. The van der Waals surface area contributed by atoms with Crippen molar-refractivity contribution in [3.8, 4) is 0 Å². The summed E-state index contributed by atoms with van der Waals surface area (Å²) < 4.78 is 4.89. The van der Waals surface area contributed by atoms with Crippen molar-refractivity contribution in [1.29, 1.82) is 0 Å². The van der Waals surface area contributed by atoms with Gasteiger partial charge in [-0.15, -0.1) is 11.3 Å². The lowest BCUT2D eigenvalue weighted by Gasteiger charge is -2.19. The standard InChI is InChI=1S/C12H21N3O2S/c1-8-11(18-7-14-8)9(2)15-10(3)12(16)13-5-6-17-4/h7,9-10,15H,5-6H2,1-4H3,(H,13,16). The molecule has 102 valence electrons. The van der Waals surface area contributed by atoms with Crippen LogP contribution in [0.1, 0.15) is 30.5 Å². The van der Waals surface area contributed by atoms with Gasteiger partial charge in [-0.25, -0.2) is 4.98 Å². The summed E-state index contributed by atoms with van der Waals surface area (Å²) in [6.45, 7) is 6.94. The Morgan fingerprint density at radius 3 is 2.83 bits per heavy atom. The first-order chi connectivity index (χ1) is 8.56. The molecule has 0 radical (unpaired) electrons. The van der Waals surface area contributed by atoms with Crippen molar-refractivity contribution < 1.29 is 9.53 Å². The molecule has 0 saturated heterocycles. The summed E-state index contributed by atoms with van der Waals surface area (Å²) >= 11 is 1.61. The monoisotopic (exact) mass is 271 g/mol. The van der Waals surface area contributed by atoms with Gasteiger partial charge in [0.15, 0.2) is 0 Å². The minimum absolute atomic E-state index is 0.0129. The Bertz CT molecular complexity index is 381. The fourth-order valence-corrected chi connectivity index (χ4v) is 2.50. The summed E-state index contributed by atoms with van der Waals surface area (Å²) in [7, 11) is 1.61. The van der Waals surface area contributed by atoms with E-state index in [2.05, 4.69) is 15.6 Å². The van der Waals surface area contributed by atoms with Gasteiger partial charge in [-0.2, -0.15) is 0 Å². The Kier molecular flexibility index (Phi) is 6.24. The number of hydrogen-bond donors (Lipinski definition) is 2. The Morgan fingerprint density at radius 2 is 2.28 bits per heavy atom. The molecule has 0 aliphatic carbocycles. The average Bonchev–Trinajstić information content (AvgIpc) is 2.75. The second-order valence-electron chi connectivity index (χ2n) is 4.20. The van der Waals surface area contributed by atoms with Crippen LogP contribution in [0.15, 0.2) is 5.51 Å². The first-order valence-corrected chi connectivity index (χ1v) is 6.87. The molecule has 2 atom stereocenters. The van der Waals surface area contributed by atoms with Crippen LogP contribution < -0.4 is 10.6 Å². The van der Waals surface area contributed by atoms with Crippen LogP contribution in [-0.2, 0) is 9.53 Å². The molecule has 2 unspecified atom stereocenters. The van der Waals surface area contributed by atoms with Crippen LogP contribution in [0.4, 0.5) is 0 Å². The highest BCUT2D eigenvalue weighted by Crippen LogP contribution is 2.21. The van der Waals surface area contributed by atoms with E-state index in [0.29, 0.717) is 13.2 Å². The van der Waals surface area contributed by atoms with Crippen molar-refractivity contribution in [3.63, 3.8) is 0 Å². The van der Waals surface area contributed by atoms with Crippen LogP contribution in [0, 0.1) is 6.92 Å². The molecule has 0 bridgehead atoms. The number of aromatic nitrogens is 1. The Balaban J connectivity index is 2.42. The first-order valence-electron chi connectivity index (χ1n) is 5.99. The van der Waals surface area contributed by atoms with Crippen LogP contribution in [-0.4, -0.2) is 37.2 Å². The maximum Gasteiger partial charge on any atom is 0.236 e. The van der Waals surface area contributed by atoms with Gasteiger partial charge >= 0.3 is 0 Å². The number of nitrogens with one attached hydrogen (secondary N) is 2. The zero-order valence-corrected chi connectivity index (χ0v) is 12.1. The number of carbonyl (C=O) groups excluding carboxylic acids is 1. The lowest BCUT2D eigenvalue weighted by atomic mass is 10.2. The quantitative estimate of drug-likeness (QED) is 0.733. The van der Waals surface area contributed by atoms with Gasteiger partial charge in [0.2, 0.25) is 5.91 Å². The largest absolute Gasteiger partial charge is 0.383 e. The van der Waals surface area contributed by atoms with E-state index < -0.39 is 0 Å². The summed E-state index contributed by atoms with van der Waals surface area (Å²) in [4.78, 5) is 17.2. The van der Waals surface area contributed by atoms with E-state index in [-0.39, 0.29) is 18.0 Å². The highest BCUT2D eigenvalue weighted by molar-refractivity contribution is 7.09. The smallest absolute Gasteiger partial charge is 0.236 e. The number of ether oxygens (including phenoxy) is 1. The number of thiazole rings is 1. The average molecular weight is 271 g/mol. The molecule has 5 nitrogen and oxygen atoms in total. The Morgan fingerprint density at radius 1 is 1.56 bits per heavy atom. The predicted octanol–water partition coefficient (Wildman–Crippen LogP) is 1.25. The number of rotatable bonds is 7. The maximum atomic E-state index is 11.8. The minimum Gasteiger partial charge on any atom is -0.383 e. The molecule has 1 heterocycles. The van der Waals surface area contributed by atoms with Crippen molar-refractivity contribution in [2.45, 2.75) is 32.9 Å². The predicted molar refractivity (Wildman–Crippen MR) is 72.7 cm³/mol. The molecule has 0 aliphatic rings. The molecule has 0 spiro atoms. The summed E-state index contributed by atoms with van der Waals surface area (Å²) in [6.07, 6.45) is 0. The molecule has 6 heteroatoms. The van der Waals surface area contributed by atoms with Crippen LogP contribution in [0.3, 0.4) is 0 Å². The van der Waals surface area contributed by atoms with Crippen molar-refractivity contribution >= 4 is 17.2 Å². The molecule has 0 aliphatic heterocycles. The zero-order chi connectivity index (χ0) is 13.5. The van der Waals surface area contributed by atoms with Gasteiger partial charge in [-0.3, -0.25) is 10.1 Å². The summed E-state index contributed by atoms with van der Waals surface area (Å²) in [5.41, 5.74) is 2.85. The number of hydrogen-bond acceptors (Lipinski definition) is 5. The zero-order valence-electron chi connectivity index (χ0n) is 11.3. The minimum atomic E-state index is -0.238. The molecule has 0 saturated carbocycles. The number of amides is 1. The number of carbonyl (C=O) groups is 1. The van der Waals surface area contributed by atoms with Crippen molar-refractivity contribution in [2.75, 3.05) is 20.3 Å². The highest BCUT2D eigenvalue weighted by atomic mass is 32.1. The van der Waals surface area contributed by atoms with Crippen molar-refractivity contribution in [3.05, 3.63) is 16.1 Å². The summed E-state index contributed by atoms with van der Waals surface area (Å²) in [6, 6.07) is -0.112. The van der Waals surface area contributed by atoms with Crippen LogP contribution in [0.2, 0.25) is 0 Å². The molecule has 1 amide bonds. The summed E-state index contributed by atoms with van der Waals surface area (Å²) in [5.74, 6) is -0.0129. The van der Waals surface area contributed by atoms with E-state index in [1.807, 2.05) is 26.3 Å². The van der Waals surface area contributed by atoms with Gasteiger partial charge in [0.1, 0.15) is 0 Å². The van der Waals surface area contributed by atoms with Gasteiger partial charge in [0.25, 0.3) is 0 Å². The van der Waals surface area contributed by atoms with Crippen molar-refractivity contribution in [1.82, 2.24) is 15.6 Å². The fourth-order valence-electron chi connectivity index (χ4n) is 1.68. The topological polar surface area (TPSA) is 63.2 Å². The molecule has 0 aromatic carbocycles. The molecular weight excluding hydrogens is 250 g/mol. The van der Waals surface area contributed by atoms with Gasteiger partial charge < -0.3 is 10.1 Å². The Hall–Kier alpha value is -0.980. The van der Waals surface area contributed by atoms with Gasteiger partial charge in [0.05, 0.1) is 23.9 Å². The molecular formula is C12H21N3O2S. The second kappa shape index (κ2) is 7.45. The molecule has 2 N–H and O–H groups in total. The first kappa shape index (κ1) is 15.1. The van der Waals surface area contributed by atoms with E-state index in [1.54, 1.807) is 18.4 Å². The maximum absolute atomic E-state index is 11.8. The van der Waals surface area contributed by atoms with E-state index in [4.69, 9.17) is 4.74 Å². The number of nitrogens with zero attached hydrogens (tertiary/aromatic N) is 1. The van der Waals surface area contributed by atoms with E-state index in [9.17, 15) is 4.79 Å². The molecule has 0 fully saturated rings. The van der Waals surface area contributed by atoms with Gasteiger partial charge in [-0.05, 0) is 20.8 Å². The third-order valence-electron chi connectivity index (χ3n) is 2.67. The fraction of sp³-hybridized carbons (Fsp3) is 0.667. The lowest BCUT2D eigenvalue weighted by Crippen LogP contribution is -2.44. The number of aryl methyl sites for hydroxylation is 1. The van der Waals surface area contributed by atoms with Crippen LogP contribution in [0.25, 0.3) is 0 Å². The third kappa shape index (κ3) is 4.36. The van der Waals surface area contributed by atoms with Gasteiger partial charge in [-0.1, -0.05) is 0 Å². The molecule has 1 aromatic heterocycles. The van der Waals surface area contributed by atoms with E-state index >= 15 is 0 Å². The molecule has 18 heavy (non-hydrogen) atoms. The second-order valence-corrected chi connectivity index (χ2v) is 5.08. The highest BCUT2D eigenvalue weighted by Gasteiger charge is 2.17. The molecule has 1 rings (SSSR count). The Labute approximate surface area is 112 Å². The normalized spacial score (nSPS) is 14.2.